The van der Waals surface area contributed by atoms with Crippen molar-refractivity contribution in [3.8, 4) is 23.7 Å². The zero-order valence-corrected chi connectivity index (χ0v) is 22.8. The molecule has 0 aromatic heterocycles. The molecule has 1 heterocycles. The van der Waals surface area contributed by atoms with Crippen molar-refractivity contribution in [3.05, 3.63) is 63.7 Å². The van der Waals surface area contributed by atoms with Crippen LogP contribution in [-0.4, -0.2) is 47.2 Å². The number of aliphatic carboxylic acids is 1. The molecule has 2 aromatic carbocycles. The van der Waals surface area contributed by atoms with Gasteiger partial charge in [0.05, 0.1) is 10.6 Å². The van der Waals surface area contributed by atoms with Crippen LogP contribution in [0.3, 0.4) is 0 Å². The highest BCUT2D eigenvalue weighted by molar-refractivity contribution is 6.31. The van der Waals surface area contributed by atoms with Crippen LogP contribution in [0.2, 0.25) is 5.02 Å². The van der Waals surface area contributed by atoms with Gasteiger partial charge in [-0.15, -0.1) is 0 Å². The van der Waals surface area contributed by atoms with Crippen LogP contribution in [0.25, 0.3) is 0 Å². The van der Waals surface area contributed by atoms with E-state index in [1.165, 1.54) is 0 Å². The Morgan fingerprint density at radius 1 is 1.18 bits per heavy atom. The molecular formula is C30H31ClN2O5. The Hall–Kier alpha value is -3.52. The number of fused-ring (bicyclic) bond motifs is 1. The van der Waals surface area contributed by atoms with Crippen molar-refractivity contribution >= 4 is 23.5 Å². The maximum Gasteiger partial charge on any atom is 0.329 e. The average Bonchev–Trinajstić information content (AvgIpc) is 3.15. The smallest absolute Gasteiger partial charge is 0.329 e. The topological polar surface area (TPSA) is 99.9 Å². The fourth-order valence-corrected chi connectivity index (χ4v) is 6.44. The zero-order chi connectivity index (χ0) is 27.7. The molecule has 8 heteroatoms. The fraction of sp³-hybridized carbons (Fsp3) is 0.433. The number of carbonyl (C=O) groups is 2. The van der Waals surface area contributed by atoms with Crippen molar-refractivity contribution in [2.45, 2.75) is 59.2 Å². The number of benzene rings is 2. The molecule has 198 valence electrons. The van der Waals surface area contributed by atoms with E-state index in [0.29, 0.717) is 47.9 Å². The number of amides is 1. The highest BCUT2D eigenvalue weighted by atomic mass is 35.5. The molecule has 1 aliphatic carbocycles. The van der Waals surface area contributed by atoms with Crippen molar-refractivity contribution in [1.29, 1.82) is 5.26 Å². The van der Waals surface area contributed by atoms with Crippen LogP contribution in [0.4, 0.5) is 0 Å². The van der Waals surface area contributed by atoms with E-state index < -0.39 is 5.97 Å². The Morgan fingerprint density at radius 2 is 1.92 bits per heavy atom. The van der Waals surface area contributed by atoms with Gasteiger partial charge >= 0.3 is 5.97 Å². The summed E-state index contributed by atoms with van der Waals surface area (Å²) in [6.45, 7) is 9.04. The van der Waals surface area contributed by atoms with E-state index in [1.807, 2.05) is 23.1 Å². The first-order chi connectivity index (χ1) is 18.0. The van der Waals surface area contributed by atoms with E-state index in [1.54, 1.807) is 18.2 Å². The molecule has 0 atom stereocenters. The number of rotatable bonds is 8. The lowest BCUT2D eigenvalue weighted by Crippen LogP contribution is -2.74. The number of halogens is 1. The van der Waals surface area contributed by atoms with E-state index in [4.69, 9.17) is 31.4 Å². The molecule has 1 fully saturated rings. The fourth-order valence-electron chi connectivity index (χ4n) is 6.23. The molecule has 7 nitrogen and oxygen atoms in total. The zero-order valence-electron chi connectivity index (χ0n) is 22.0. The molecule has 1 aliphatic heterocycles. The summed E-state index contributed by atoms with van der Waals surface area (Å²) in [7, 11) is 0. The van der Waals surface area contributed by atoms with Crippen molar-refractivity contribution in [2.75, 3.05) is 13.2 Å². The SMILES string of the molecule is CC1(C)C(Oc2ccc(C#N)c(Cl)c2)C(C)(C)C1N1Cc2cc(C#CCCCOCC(=O)O)ccc2C1=O. The summed E-state index contributed by atoms with van der Waals surface area (Å²) in [6, 6.07) is 12.8. The Bertz CT molecular complexity index is 1350. The predicted octanol–water partition coefficient (Wildman–Crippen LogP) is 5.28. The highest BCUT2D eigenvalue weighted by Gasteiger charge is 2.66. The molecule has 1 saturated carbocycles. The Labute approximate surface area is 228 Å². The van der Waals surface area contributed by atoms with Gasteiger partial charge in [-0.05, 0) is 42.3 Å². The molecule has 0 radical (unpaired) electrons. The van der Waals surface area contributed by atoms with Crippen molar-refractivity contribution in [1.82, 2.24) is 4.90 Å². The third kappa shape index (κ3) is 5.23. The summed E-state index contributed by atoms with van der Waals surface area (Å²) >= 11 is 6.21. The van der Waals surface area contributed by atoms with E-state index >= 15 is 0 Å². The molecule has 1 N–H and O–H groups in total. The normalized spacial score (nSPS) is 20.5. The molecule has 2 aliphatic rings. The van der Waals surface area contributed by atoms with Gasteiger partial charge in [-0.2, -0.15) is 5.26 Å². The summed E-state index contributed by atoms with van der Waals surface area (Å²) in [6.07, 6.45) is 1.08. The van der Waals surface area contributed by atoms with Crippen LogP contribution < -0.4 is 4.74 Å². The van der Waals surface area contributed by atoms with Crippen LogP contribution in [-0.2, 0) is 16.1 Å². The maximum absolute atomic E-state index is 13.5. The second kappa shape index (κ2) is 10.7. The molecular weight excluding hydrogens is 504 g/mol. The molecule has 4 rings (SSSR count). The van der Waals surface area contributed by atoms with Crippen molar-refractivity contribution in [2.24, 2.45) is 10.8 Å². The number of ether oxygens (including phenoxy) is 2. The quantitative estimate of drug-likeness (QED) is 0.365. The maximum atomic E-state index is 13.5. The van der Waals surface area contributed by atoms with Gasteiger partial charge in [0.25, 0.3) is 5.91 Å². The van der Waals surface area contributed by atoms with Gasteiger partial charge in [0.1, 0.15) is 24.5 Å². The van der Waals surface area contributed by atoms with Crippen LogP contribution >= 0.6 is 11.6 Å². The van der Waals surface area contributed by atoms with Crippen molar-refractivity contribution in [3.63, 3.8) is 0 Å². The summed E-state index contributed by atoms with van der Waals surface area (Å²) in [5.74, 6) is 5.87. The monoisotopic (exact) mass is 534 g/mol. The summed E-state index contributed by atoms with van der Waals surface area (Å²) in [5, 5.41) is 18.1. The number of hydrogen-bond donors (Lipinski definition) is 1. The van der Waals surface area contributed by atoms with Crippen LogP contribution in [0.1, 0.15) is 67.6 Å². The third-order valence-electron chi connectivity index (χ3n) is 7.37. The molecule has 0 unspecified atom stereocenters. The number of carboxylic acids is 1. The Kier molecular flexibility index (Phi) is 7.74. The second-order valence-corrected chi connectivity index (χ2v) is 11.4. The molecule has 38 heavy (non-hydrogen) atoms. The van der Waals surface area contributed by atoms with Gasteiger partial charge in [0.15, 0.2) is 0 Å². The first kappa shape index (κ1) is 27.5. The molecule has 0 bridgehead atoms. The van der Waals surface area contributed by atoms with Gasteiger partial charge in [0, 0.05) is 53.6 Å². The largest absolute Gasteiger partial charge is 0.489 e. The number of carboxylic acid groups (broad SMARTS) is 1. The minimum atomic E-state index is -0.981. The lowest BCUT2D eigenvalue weighted by Gasteiger charge is -2.65. The van der Waals surface area contributed by atoms with Crippen LogP contribution in [0.5, 0.6) is 5.75 Å². The second-order valence-electron chi connectivity index (χ2n) is 11.0. The number of nitrogens with zero attached hydrogens (tertiary/aromatic N) is 2. The lowest BCUT2D eigenvalue weighted by atomic mass is 9.49. The Balaban J connectivity index is 1.43. The first-order valence-electron chi connectivity index (χ1n) is 12.6. The predicted molar refractivity (Wildman–Crippen MR) is 143 cm³/mol. The number of nitriles is 1. The van der Waals surface area contributed by atoms with Crippen molar-refractivity contribution < 1.29 is 24.2 Å². The summed E-state index contributed by atoms with van der Waals surface area (Å²) < 4.78 is 11.4. The number of unbranched alkanes of at least 4 members (excludes halogenated alkanes) is 1. The average molecular weight is 535 g/mol. The molecule has 0 saturated heterocycles. The summed E-state index contributed by atoms with van der Waals surface area (Å²) in [4.78, 5) is 25.9. The van der Waals surface area contributed by atoms with Gasteiger partial charge < -0.3 is 19.5 Å². The van der Waals surface area contributed by atoms with E-state index in [9.17, 15) is 9.59 Å². The van der Waals surface area contributed by atoms with E-state index in [2.05, 4.69) is 45.6 Å². The van der Waals surface area contributed by atoms with Crippen LogP contribution in [0, 0.1) is 34.0 Å². The van der Waals surface area contributed by atoms with Gasteiger partial charge in [-0.3, -0.25) is 4.79 Å². The summed E-state index contributed by atoms with van der Waals surface area (Å²) in [5.41, 5.74) is 2.25. The molecule has 2 aromatic rings. The van der Waals surface area contributed by atoms with Gasteiger partial charge in [0.2, 0.25) is 0 Å². The van der Waals surface area contributed by atoms with Crippen LogP contribution in [0.15, 0.2) is 36.4 Å². The third-order valence-corrected chi connectivity index (χ3v) is 7.69. The number of hydrogen-bond acceptors (Lipinski definition) is 5. The first-order valence-corrected chi connectivity index (χ1v) is 12.9. The lowest BCUT2D eigenvalue weighted by molar-refractivity contribution is -0.199. The number of carbonyl (C=O) groups excluding carboxylic acids is 1. The molecule has 0 spiro atoms. The molecule has 1 amide bonds. The van der Waals surface area contributed by atoms with Gasteiger partial charge in [-0.25, -0.2) is 4.79 Å². The standard InChI is InChI=1S/C30H31ClN2O5/c1-29(2)27(30(3,4)28(29)38-22-11-10-20(16-32)24(31)15-22)33-17-21-14-19(9-12-23(21)26(33)36)8-6-5-7-13-37-18-25(34)35/h9-12,14-15,27-28H,5,7,13,17-18H2,1-4H3,(H,34,35). The van der Waals surface area contributed by atoms with E-state index in [0.717, 1.165) is 11.1 Å². The van der Waals surface area contributed by atoms with E-state index in [-0.39, 0.29) is 35.5 Å². The Morgan fingerprint density at radius 3 is 2.58 bits per heavy atom. The van der Waals surface area contributed by atoms with Gasteiger partial charge in [-0.1, -0.05) is 51.1 Å². The minimum absolute atomic E-state index is 0.0149. The minimum Gasteiger partial charge on any atom is -0.489 e. The highest BCUT2D eigenvalue weighted by Crippen LogP contribution is 2.59.